The number of nitrogens with one attached hydrogen (secondary N) is 2. The van der Waals surface area contributed by atoms with Crippen LogP contribution in [-0.4, -0.2) is 45.4 Å². The van der Waals surface area contributed by atoms with Crippen LogP contribution in [0.2, 0.25) is 0 Å². The number of ether oxygens (including phenoxy) is 4. The van der Waals surface area contributed by atoms with Crippen molar-refractivity contribution >= 4 is 34.2 Å². The molecular formula is C17H21N3O6S. The fourth-order valence-electron chi connectivity index (χ4n) is 2.26. The Morgan fingerprint density at radius 3 is 2.19 bits per heavy atom. The number of carbonyl (C=O) groups excluding carboxylic acids is 2. The van der Waals surface area contributed by atoms with Gasteiger partial charge in [0.2, 0.25) is 5.75 Å². The molecule has 2 N–H and O–H groups in total. The highest BCUT2D eigenvalue weighted by atomic mass is 32.1. The first-order valence-corrected chi connectivity index (χ1v) is 8.64. The van der Waals surface area contributed by atoms with Crippen LogP contribution in [0, 0.1) is 6.92 Å². The van der Waals surface area contributed by atoms with Crippen LogP contribution in [0.15, 0.2) is 12.1 Å². The molecule has 0 saturated carbocycles. The summed E-state index contributed by atoms with van der Waals surface area (Å²) in [5, 5.41) is 5.69. The molecule has 1 aromatic heterocycles. The number of rotatable bonds is 7. The molecule has 27 heavy (non-hydrogen) atoms. The van der Waals surface area contributed by atoms with Crippen molar-refractivity contribution in [2.45, 2.75) is 13.3 Å². The number of anilines is 2. The van der Waals surface area contributed by atoms with E-state index in [0.29, 0.717) is 33.8 Å². The fourth-order valence-corrected chi connectivity index (χ4v) is 3.20. The van der Waals surface area contributed by atoms with Gasteiger partial charge in [0.1, 0.15) is 0 Å². The zero-order valence-corrected chi connectivity index (χ0v) is 16.5. The van der Waals surface area contributed by atoms with E-state index in [1.54, 1.807) is 19.1 Å². The third kappa shape index (κ3) is 5.00. The molecule has 0 aliphatic carbocycles. The topological polar surface area (TPSA) is 108 Å². The van der Waals surface area contributed by atoms with Crippen LogP contribution in [0.4, 0.5) is 15.6 Å². The van der Waals surface area contributed by atoms with Gasteiger partial charge in [-0.05, 0) is 6.92 Å². The van der Waals surface area contributed by atoms with Crippen LogP contribution in [0.5, 0.6) is 17.2 Å². The highest BCUT2D eigenvalue weighted by Gasteiger charge is 2.16. The van der Waals surface area contributed by atoms with Crippen molar-refractivity contribution in [3.8, 4) is 17.2 Å². The average molecular weight is 395 g/mol. The standard InChI is InChI=1S/C17H21N3O6S/c1-9-13(8-14(21)25-4)27-17(18-9)20-16(22)19-10-6-11(23-2)15(26-5)12(7-10)24-3/h6-7H,8H2,1-5H3,(H2,18,19,20,22). The number of hydrogen-bond donors (Lipinski definition) is 2. The van der Waals surface area contributed by atoms with Crippen molar-refractivity contribution in [2.24, 2.45) is 0 Å². The number of hydrogen-bond acceptors (Lipinski definition) is 8. The number of aryl methyl sites for hydroxylation is 1. The lowest BCUT2D eigenvalue weighted by molar-refractivity contribution is -0.139. The fraction of sp³-hybridized carbons (Fsp3) is 0.353. The Balaban J connectivity index is 2.12. The second-order valence-corrected chi connectivity index (χ2v) is 6.36. The van der Waals surface area contributed by atoms with Crippen molar-refractivity contribution in [1.29, 1.82) is 0 Å². The Kier molecular flexibility index (Phi) is 6.83. The molecule has 0 aliphatic rings. The van der Waals surface area contributed by atoms with Crippen molar-refractivity contribution < 1.29 is 28.5 Å². The Bertz CT molecular complexity index is 811. The number of amides is 2. The number of urea groups is 1. The quantitative estimate of drug-likeness (QED) is 0.694. The first kappa shape index (κ1) is 20.3. The molecule has 2 amide bonds. The highest BCUT2D eigenvalue weighted by molar-refractivity contribution is 7.16. The monoisotopic (exact) mass is 395 g/mol. The molecule has 0 atom stereocenters. The van der Waals surface area contributed by atoms with Crippen molar-refractivity contribution in [3.05, 3.63) is 22.7 Å². The Morgan fingerprint density at radius 1 is 1.04 bits per heavy atom. The molecule has 1 aromatic carbocycles. The summed E-state index contributed by atoms with van der Waals surface area (Å²) in [5.41, 5.74) is 1.11. The minimum Gasteiger partial charge on any atom is -0.493 e. The summed E-state index contributed by atoms with van der Waals surface area (Å²) in [7, 11) is 5.80. The van der Waals surface area contributed by atoms with Gasteiger partial charge in [-0.2, -0.15) is 0 Å². The molecule has 0 spiro atoms. The highest BCUT2D eigenvalue weighted by Crippen LogP contribution is 2.40. The van der Waals surface area contributed by atoms with Gasteiger partial charge >= 0.3 is 12.0 Å². The smallest absolute Gasteiger partial charge is 0.325 e. The lowest BCUT2D eigenvalue weighted by Crippen LogP contribution is -2.19. The molecule has 1 heterocycles. The van der Waals surface area contributed by atoms with Gasteiger partial charge in [0.25, 0.3) is 0 Å². The minimum atomic E-state index is -0.498. The molecule has 2 aromatic rings. The maximum atomic E-state index is 12.3. The summed E-state index contributed by atoms with van der Waals surface area (Å²) in [4.78, 5) is 28.6. The maximum Gasteiger partial charge on any atom is 0.325 e. The van der Waals surface area contributed by atoms with E-state index in [9.17, 15) is 9.59 Å². The number of thiazole rings is 1. The van der Waals surface area contributed by atoms with Crippen LogP contribution in [-0.2, 0) is 16.0 Å². The van der Waals surface area contributed by atoms with E-state index in [0.717, 1.165) is 4.88 Å². The normalized spacial score (nSPS) is 10.1. The molecule has 0 fully saturated rings. The maximum absolute atomic E-state index is 12.3. The predicted molar refractivity (Wildman–Crippen MR) is 101 cm³/mol. The van der Waals surface area contributed by atoms with Crippen LogP contribution in [0.25, 0.3) is 0 Å². The zero-order chi connectivity index (χ0) is 20.0. The number of esters is 1. The number of nitrogens with zero attached hydrogens (tertiary/aromatic N) is 1. The molecule has 2 rings (SSSR count). The Labute approximate surface area is 160 Å². The van der Waals surface area contributed by atoms with Gasteiger partial charge in [-0.15, -0.1) is 11.3 Å². The molecule has 0 saturated heterocycles. The summed E-state index contributed by atoms with van der Waals surface area (Å²) < 4.78 is 20.4. The van der Waals surface area contributed by atoms with Gasteiger partial charge < -0.3 is 24.3 Å². The molecule has 0 unspecified atom stereocenters. The first-order chi connectivity index (χ1) is 12.9. The van der Waals surface area contributed by atoms with E-state index in [4.69, 9.17) is 14.2 Å². The molecule has 0 radical (unpaired) electrons. The summed E-state index contributed by atoms with van der Waals surface area (Å²) in [5.74, 6) is 0.888. The average Bonchev–Trinajstić information content (AvgIpc) is 2.98. The molecular weight excluding hydrogens is 374 g/mol. The van der Waals surface area contributed by atoms with Gasteiger partial charge in [0.05, 0.1) is 46.2 Å². The zero-order valence-electron chi connectivity index (χ0n) is 15.7. The van der Waals surface area contributed by atoms with E-state index in [1.807, 2.05) is 0 Å². The largest absolute Gasteiger partial charge is 0.493 e. The molecule has 0 bridgehead atoms. The van der Waals surface area contributed by atoms with Gasteiger partial charge in [-0.1, -0.05) is 0 Å². The van der Waals surface area contributed by atoms with Crippen LogP contribution < -0.4 is 24.8 Å². The molecule has 0 aliphatic heterocycles. The van der Waals surface area contributed by atoms with E-state index in [2.05, 4.69) is 20.4 Å². The lowest BCUT2D eigenvalue weighted by Gasteiger charge is -2.14. The van der Waals surface area contributed by atoms with E-state index in [1.165, 1.54) is 39.8 Å². The van der Waals surface area contributed by atoms with Gasteiger partial charge in [0, 0.05) is 17.0 Å². The van der Waals surface area contributed by atoms with Gasteiger partial charge in [-0.25, -0.2) is 9.78 Å². The minimum absolute atomic E-state index is 0.107. The summed E-state index contributed by atoms with van der Waals surface area (Å²) in [6.45, 7) is 1.76. The van der Waals surface area contributed by atoms with E-state index < -0.39 is 6.03 Å². The van der Waals surface area contributed by atoms with Crippen molar-refractivity contribution in [2.75, 3.05) is 39.1 Å². The number of carbonyl (C=O) groups is 2. The van der Waals surface area contributed by atoms with Gasteiger partial charge in [0.15, 0.2) is 16.6 Å². The number of benzene rings is 1. The first-order valence-electron chi connectivity index (χ1n) is 7.83. The Morgan fingerprint density at radius 2 is 1.67 bits per heavy atom. The number of methoxy groups -OCH3 is 4. The molecule has 146 valence electrons. The van der Waals surface area contributed by atoms with E-state index in [-0.39, 0.29) is 12.4 Å². The Hall–Kier alpha value is -3.01. The van der Waals surface area contributed by atoms with E-state index >= 15 is 0 Å². The van der Waals surface area contributed by atoms with Gasteiger partial charge in [-0.3, -0.25) is 10.1 Å². The van der Waals surface area contributed by atoms with Crippen LogP contribution in [0.1, 0.15) is 10.6 Å². The second-order valence-electron chi connectivity index (χ2n) is 5.27. The predicted octanol–water partition coefficient (Wildman–Crippen LogP) is 2.84. The summed E-state index contributed by atoms with van der Waals surface area (Å²) >= 11 is 1.21. The van der Waals surface area contributed by atoms with Crippen molar-refractivity contribution in [3.63, 3.8) is 0 Å². The second kappa shape index (κ2) is 9.08. The van der Waals surface area contributed by atoms with Crippen LogP contribution >= 0.6 is 11.3 Å². The number of aromatic nitrogens is 1. The van der Waals surface area contributed by atoms with Crippen LogP contribution in [0.3, 0.4) is 0 Å². The lowest BCUT2D eigenvalue weighted by atomic mass is 10.2. The summed E-state index contributed by atoms with van der Waals surface area (Å²) in [6, 6.07) is 2.72. The van der Waals surface area contributed by atoms with Crippen molar-refractivity contribution in [1.82, 2.24) is 4.98 Å². The molecule has 10 heteroatoms. The SMILES string of the molecule is COC(=O)Cc1sc(NC(=O)Nc2cc(OC)c(OC)c(OC)c2)nc1C. The third-order valence-electron chi connectivity index (χ3n) is 3.57. The third-order valence-corrected chi connectivity index (χ3v) is 4.64. The summed E-state index contributed by atoms with van der Waals surface area (Å²) in [6.07, 6.45) is 0.107. The molecule has 9 nitrogen and oxygen atoms in total.